The van der Waals surface area contributed by atoms with E-state index in [1.165, 1.54) is 30.6 Å². The Morgan fingerprint density at radius 2 is 1.64 bits per heavy atom. The largest absolute Gasteiger partial charge is 0.507 e. The molecule has 2 aliphatic rings. The number of rotatable bonds is 5. The van der Waals surface area contributed by atoms with Crippen molar-refractivity contribution in [3.63, 3.8) is 0 Å². The van der Waals surface area contributed by atoms with Gasteiger partial charge in [-0.25, -0.2) is 4.39 Å². The topological polar surface area (TPSA) is 83.0 Å². The quantitative estimate of drug-likeness (QED) is 0.315. The first kappa shape index (κ1) is 23.5. The van der Waals surface area contributed by atoms with Gasteiger partial charge >= 0.3 is 0 Å². The molecule has 1 N–H and O–H groups in total. The number of aromatic nitrogens is 1. The Hall–Kier alpha value is -4.20. The van der Waals surface area contributed by atoms with Crippen molar-refractivity contribution in [2.75, 3.05) is 30.0 Å². The molecule has 2 saturated heterocycles. The van der Waals surface area contributed by atoms with E-state index in [1.54, 1.807) is 24.5 Å². The number of benzene rings is 2. The summed E-state index contributed by atoms with van der Waals surface area (Å²) in [5, 5.41) is 11.3. The first-order chi connectivity index (χ1) is 17.5. The van der Waals surface area contributed by atoms with Crippen molar-refractivity contribution in [3.05, 3.63) is 89.5 Å². The summed E-state index contributed by atoms with van der Waals surface area (Å²) < 4.78 is 19.4. The zero-order valence-electron chi connectivity index (χ0n) is 19.9. The van der Waals surface area contributed by atoms with Gasteiger partial charge in [0.15, 0.2) is 0 Å². The fourth-order valence-electron chi connectivity index (χ4n) is 4.95. The number of methoxy groups -OCH3 is 1. The van der Waals surface area contributed by atoms with Gasteiger partial charge in [0.25, 0.3) is 11.7 Å². The van der Waals surface area contributed by atoms with Gasteiger partial charge in [-0.3, -0.25) is 19.5 Å². The van der Waals surface area contributed by atoms with Crippen molar-refractivity contribution in [2.24, 2.45) is 0 Å². The van der Waals surface area contributed by atoms with Crippen molar-refractivity contribution >= 4 is 28.8 Å². The van der Waals surface area contributed by atoms with Crippen LogP contribution in [0.3, 0.4) is 0 Å². The summed E-state index contributed by atoms with van der Waals surface area (Å²) in [5.74, 6) is -2.57. The van der Waals surface area contributed by atoms with Crippen molar-refractivity contribution in [3.8, 4) is 5.75 Å². The number of piperidine rings is 1. The van der Waals surface area contributed by atoms with Crippen molar-refractivity contribution < 1.29 is 23.8 Å². The second-order valence-electron chi connectivity index (χ2n) is 8.86. The van der Waals surface area contributed by atoms with Crippen LogP contribution in [0.1, 0.15) is 36.4 Å². The maximum Gasteiger partial charge on any atom is 0.300 e. The number of carbonyl (C=O) groups is 2. The van der Waals surface area contributed by atoms with E-state index in [1.807, 2.05) is 24.3 Å². The van der Waals surface area contributed by atoms with Crippen LogP contribution in [0, 0.1) is 5.82 Å². The van der Waals surface area contributed by atoms with Crippen LogP contribution < -0.4 is 14.5 Å². The van der Waals surface area contributed by atoms with Crippen LogP contribution in [0.15, 0.2) is 72.6 Å². The van der Waals surface area contributed by atoms with E-state index in [9.17, 15) is 19.1 Å². The van der Waals surface area contributed by atoms with Gasteiger partial charge < -0.3 is 14.7 Å². The Kier molecular flexibility index (Phi) is 6.41. The minimum absolute atomic E-state index is 0.00463. The molecule has 7 nitrogen and oxygen atoms in total. The molecule has 184 valence electrons. The maximum atomic E-state index is 14.1. The Balaban J connectivity index is 1.62. The third kappa shape index (κ3) is 4.19. The lowest BCUT2D eigenvalue weighted by atomic mass is 9.95. The molecule has 1 amide bonds. The fourth-order valence-corrected chi connectivity index (χ4v) is 4.95. The molecule has 1 unspecified atom stereocenters. The molecule has 0 spiro atoms. The minimum Gasteiger partial charge on any atom is -0.507 e. The van der Waals surface area contributed by atoms with E-state index in [-0.39, 0.29) is 16.9 Å². The van der Waals surface area contributed by atoms with Crippen LogP contribution in [-0.4, -0.2) is 42.0 Å². The Labute approximate surface area is 208 Å². The van der Waals surface area contributed by atoms with Crippen molar-refractivity contribution in [1.82, 2.24) is 4.98 Å². The molecule has 0 aliphatic carbocycles. The number of nitrogens with zero attached hydrogens (tertiary/aromatic N) is 3. The number of halogens is 1. The molecule has 1 aromatic heterocycles. The number of aliphatic hydroxyl groups is 1. The molecule has 36 heavy (non-hydrogen) atoms. The second kappa shape index (κ2) is 9.81. The van der Waals surface area contributed by atoms with Crippen LogP contribution in [0.4, 0.5) is 15.8 Å². The summed E-state index contributed by atoms with van der Waals surface area (Å²) in [5.41, 5.74) is 2.01. The molecule has 8 heteroatoms. The van der Waals surface area contributed by atoms with Crippen molar-refractivity contribution in [1.29, 1.82) is 0 Å². The highest BCUT2D eigenvalue weighted by Gasteiger charge is 2.47. The lowest BCUT2D eigenvalue weighted by Gasteiger charge is -2.30. The number of Topliss-reactive ketones (excluding diaryl/α,β-unsaturated/α-hetero) is 1. The van der Waals surface area contributed by atoms with Gasteiger partial charge in [-0.05, 0) is 79.4 Å². The van der Waals surface area contributed by atoms with E-state index >= 15 is 0 Å². The third-order valence-corrected chi connectivity index (χ3v) is 6.73. The summed E-state index contributed by atoms with van der Waals surface area (Å²) in [6.07, 6.45) is 6.61. The lowest BCUT2D eigenvalue weighted by Crippen LogP contribution is -2.30. The number of carbonyl (C=O) groups excluding carboxylic acids is 2. The first-order valence-corrected chi connectivity index (χ1v) is 11.9. The van der Waals surface area contributed by atoms with Gasteiger partial charge in [0.2, 0.25) is 0 Å². The Morgan fingerprint density at radius 1 is 0.972 bits per heavy atom. The fraction of sp³-hybridized carbons (Fsp3) is 0.250. The molecular formula is C28H26FN3O4. The molecule has 3 heterocycles. The average Bonchev–Trinajstić information content (AvgIpc) is 3.19. The zero-order valence-corrected chi connectivity index (χ0v) is 19.9. The van der Waals surface area contributed by atoms with Crippen molar-refractivity contribution in [2.45, 2.75) is 25.3 Å². The molecule has 0 bridgehead atoms. The Morgan fingerprint density at radius 3 is 2.31 bits per heavy atom. The number of anilines is 2. The normalized spacial score (nSPS) is 19.6. The summed E-state index contributed by atoms with van der Waals surface area (Å²) >= 11 is 0. The number of ketones is 1. The average molecular weight is 488 g/mol. The third-order valence-electron chi connectivity index (χ3n) is 6.73. The molecule has 0 saturated carbocycles. The molecule has 2 aromatic carbocycles. The number of ether oxygens (including phenoxy) is 1. The number of pyridine rings is 1. The first-order valence-electron chi connectivity index (χ1n) is 11.9. The molecule has 1 atom stereocenters. The highest BCUT2D eigenvalue weighted by molar-refractivity contribution is 6.51. The van der Waals surface area contributed by atoms with Crippen LogP contribution in [-0.2, 0) is 9.59 Å². The van der Waals surface area contributed by atoms with Crippen LogP contribution in [0.2, 0.25) is 0 Å². The monoisotopic (exact) mass is 487 g/mol. The Bertz CT molecular complexity index is 1320. The van der Waals surface area contributed by atoms with Crippen LogP contribution in [0.25, 0.3) is 5.76 Å². The van der Waals surface area contributed by atoms with Crippen LogP contribution in [0.5, 0.6) is 5.75 Å². The van der Waals surface area contributed by atoms with Crippen LogP contribution >= 0.6 is 0 Å². The zero-order chi connectivity index (χ0) is 25.2. The van der Waals surface area contributed by atoms with E-state index in [0.717, 1.165) is 37.7 Å². The molecule has 5 rings (SSSR count). The minimum atomic E-state index is -0.929. The number of amides is 1. The smallest absolute Gasteiger partial charge is 0.300 e. The van der Waals surface area contributed by atoms with E-state index in [2.05, 4.69) is 9.88 Å². The predicted molar refractivity (Wildman–Crippen MR) is 134 cm³/mol. The van der Waals surface area contributed by atoms with Gasteiger partial charge in [0, 0.05) is 36.9 Å². The van der Waals surface area contributed by atoms with E-state index < -0.39 is 29.3 Å². The highest BCUT2D eigenvalue weighted by atomic mass is 19.1. The molecular weight excluding hydrogens is 461 g/mol. The summed E-state index contributed by atoms with van der Waals surface area (Å²) in [4.78, 5) is 34.4. The predicted octanol–water partition coefficient (Wildman–Crippen LogP) is 4.85. The van der Waals surface area contributed by atoms with E-state index in [4.69, 9.17) is 4.74 Å². The maximum absolute atomic E-state index is 14.1. The summed E-state index contributed by atoms with van der Waals surface area (Å²) in [6, 6.07) is 13.6. The second-order valence-corrected chi connectivity index (χ2v) is 8.86. The SMILES string of the molecule is COc1ccc(F)cc1/C(O)=C1\C(=O)C(=O)N(c2ccc(N3CCCCC3)cc2)C1c1ccncc1. The number of aliphatic hydroxyl groups excluding tert-OH is 1. The standard InChI is InChI=1S/C28H26FN3O4/c1-36-23-10-5-19(29)17-22(23)26(33)24-25(18-11-13-30-14-12-18)32(28(35)27(24)34)21-8-6-20(7-9-21)31-15-3-2-4-16-31/h5-14,17,25,33H,2-4,15-16H2,1H3/b26-24+. The number of hydrogen-bond donors (Lipinski definition) is 1. The van der Waals surface area contributed by atoms with Gasteiger partial charge in [-0.1, -0.05) is 0 Å². The number of hydrogen-bond acceptors (Lipinski definition) is 6. The van der Waals surface area contributed by atoms with E-state index in [0.29, 0.717) is 11.3 Å². The van der Waals surface area contributed by atoms with Gasteiger partial charge in [0.05, 0.1) is 24.3 Å². The summed E-state index contributed by atoms with van der Waals surface area (Å²) in [6.45, 7) is 1.96. The highest BCUT2D eigenvalue weighted by Crippen LogP contribution is 2.43. The molecule has 0 radical (unpaired) electrons. The van der Waals surface area contributed by atoms with Gasteiger partial charge in [0.1, 0.15) is 17.3 Å². The molecule has 2 fully saturated rings. The summed E-state index contributed by atoms with van der Waals surface area (Å²) in [7, 11) is 1.38. The molecule has 2 aliphatic heterocycles. The lowest BCUT2D eigenvalue weighted by molar-refractivity contribution is -0.132. The van der Waals surface area contributed by atoms with Gasteiger partial charge in [-0.2, -0.15) is 0 Å². The van der Waals surface area contributed by atoms with Gasteiger partial charge in [-0.15, -0.1) is 0 Å². The molecule has 3 aromatic rings.